The number of aromatic hydroxyl groups is 2. The first-order chi connectivity index (χ1) is 8.93. The van der Waals surface area contributed by atoms with Crippen molar-refractivity contribution in [2.45, 2.75) is 18.3 Å². The summed E-state index contributed by atoms with van der Waals surface area (Å²) >= 11 is 1.35. The number of carbonyl (C=O) groups is 2. The van der Waals surface area contributed by atoms with Gasteiger partial charge in [-0.25, -0.2) is 4.79 Å². The average molecular weight is 283 g/mol. The Morgan fingerprint density at radius 2 is 2.05 bits per heavy atom. The number of nitrogens with zero attached hydrogens (tertiary/aromatic N) is 1. The molecule has 2 unspecified atom stereocenters. The first kappa shape index (κ1) is 13.5. The number of carbonyl (C=O) groups excluding carboxylic acids is 1. The van der Waals surface area contributed by atoms with Crippen molar-refractivity contribution in [2.24, 2.45) is 0 Å². The number of amides is 1. The third-order valence-electron chi connectivity index (χ3n) is 2.99. The normalized spacial score (nSPS) is 22.5. The van der Waals surface area contributed by atoms with Gasteiger partial charge in [-0.3, -0.25) is 4.79 Å². The van der Waals surface area contributed by atoms with Gasteiger partial charge in [-0.2, -0.15) is 0 Å². The molecule has 1 fully saturated rings. The third-order valence-corrected chi connectivity index (χ3v) is 4.21. The summed E-state index contributed by atoms with van der Waals surface area (Å²) < 4.78 is 0. The van der Waals surface area contributed by atoms with Gasteiger partial charge in [0, 0.05) is 5.75 Å². The van der Waals surface area contributed by atoms with Gasteiger partial charge >= 0.3 is 5.97 Å². The molecule has 1 heterocycles. The Morgan fingerprint density at radius 3 is 2.68 bits per heavy atom. The van der Waals surface area contributed by atoms with E-state index in [2.05, 4.69) is 0 Å². The van der Waals surface area contributed by atoms with Crippen LogP contribution >= 0.6 is 11.8 Å². The van der Waals surface area contributed by atoms with Crippen molar-refractivity contribution in [3.8, 4) is 11.5 Å². The molecule has 19 heavy (non-hydrogen) atoms. The average Bonchev–Trinajstić information content (AvgIpc) is 2.74. The number of thioether (sulfide) groups is 1. The summed E-state index contributed by atoms with van der Waals surface area (Å²) in [5.41, 5.74) is -0.0967. The number of phenolic OH excluding ortho intramolecular Hbond substituents is 2. The highest BCUT2D eigenvalue weighted by atomic mass is 32.2. The first-order valence-corrected chi connectivity index (χ1v) is 6.66. The lowest BCUT2D eigenvalue weighted by atomic mass is 10.1. The lowest BCUT2D eigenvalue weighted by molar-refractivity contribution is -0.141. The molecule has 6 nitrogen and oxygen atoms in total. The van der Waals surface area contributed by atoms with Crippen LogP contribution in [-0.2, 0) is 4.79 Å². The minimum Gasteiger partial charge on any atom is -0.504 e. The van der Waals surface area contributed by atoms with Crippen molar-refractivity contribution in [1.29, 1.82) is 0 Å². The number of hydrogen-bond acceptors (Lipinski definition) is 5. The predicted molar refractivity (Wildman–Crippen MR) is 69.3 cm³/mol. The Hall–Kier alpha value is -1.89. The van der Waals surface area contributed by atoms with Crippen LogP contribution in [0.2, 0.25) is 0 Å². The molecule has 1 aliphatic rings. The monoisotopic (exact) mass is 283 g/mol. The Kier molecular flexibility index (Phi) is 3.57. The minimum atomic E-state index is -1.08. The lowest BCUT2D eigenvalue weighted by Gasteiger charge is -2.25. The van der Waals surface area contributed by atoms with Crippen molar-refractivity contribution >= 4 is 23.6 Å². The van der Waals surface area contributed by atoms with E-state index in [4.69, 9.17) is 5.11 Å². The molecular formula is C12H13NO5S. The van der Waals surface area contributed by atoms with Gasteiger partial charge in [0.05, 0.1) is 10.9 Å². The number of rotatable bonds is 2. The van der Waals surface area contributed by atoms with E-state index in [1.54, 1.807) is 6.92 Å². The molecular weight excluding hydrogens is 270 g/mol. The molecule has 3 N–H and O–H groups in total. The number of aliphatic carboxylic acids is 1. The van der Waals surface area contributed by atoms with E-state index >= 15 is 0 Å². The van der Waals surface area contributed by atoms with Crippen molar-refractivity contribution in [2.75, 3.05) is 5.75 Å². The summed E-state index contributed by atoms with van der Waals surface area (Å²) in [6.45, 7) is 1.73. The van der Waals surface area contributed by atoms with Gasteiger partial charge < -0.3 is 20.2 Å². The molecule has 1 aliphatic heterocycles. The van der Waals surface area contributed by atoms with Crippen molar-refractivity contribution < 1.29 is 24.9 Å². The highest BCUT2D eigenvalue weighted by Gasteiger charge is 2.40. The van der Waals surface area contributed by atoms with Gasteiger partial charge in [-0.05, 0) is 19.1 Å². The molecule has 0 aliphatic carbocycles. The molecule has 1 saturated heterocycles. The number of benzene rings is 1. The fourth-order valence-corrected chi connectivity index (χ4v) is 3.15. The molecule has 102 valence electrons. The zero-order valence-corrected chi connectivity index (χ0v) is 10.9. The fourth-order valence-electron chi connectivity index (χ4n) is 1.98. The number of phenols is 2. The number of carboxylic acids is 1. The van der Waals surface area contributed by atoms with E-state index in [-0.39, 0.29) is 10.9 Å². The second kappa shape index (κ2) is 5.00. The van der Waals surface area contributed by atoms with Crippen molar-refractivity contribution in [3.63, 3.8) is 0 Å². The van der Waals surface area contributed by atoms with Gasteiger partial charge in [0.15, 0.2) is 11.5 Å². The van der Waals surface area contributed by atoms with Crippen LogP contribution < -0.4 is 0 Å². The van der Waals surface area contributed by atoms with E-state index in [9.17, 15) is 19.8 Å². The maximum absolute atomic E-state index is 12.3. The highest BCUT2D eigenvalue weighted by Crippen LogP contribution is 2.34. The Labute approximate surface area is 113 Å². The van der Waals surface area contributed by atoms with E-state index < -0.39 is 29.4 Å². The lowest BCUT2D eigenvalue weighted by Crippen LogP contribution is -2.44. The zero-order valence-electron chi connectivity index (χ0n) is 10.1. The van der Waals surface area contributed by atoms with Crippen LogP contribution in [0.4, 0.5) is 0 Å². The molecule has 1 aromatic rings. The number of para-hydroxylation sites is 1. The second-order valence-corrected chi connectivity index (χ2v) is 5.52. The largest absolute Gasteiger partial charge is 0.504 e. The summed E-state index contributed by atoms with van der Waals surface area (Å²) in [7, 11) is 0. The molecule has 0 bridgehead atoms. The highest BCUT2D eigenvalue weighted by molar-refractivity contribution is 8.00. The fraction of sp³-hybridized carbons (Fsp3) is 0.333. The second-order valence-electron chi connectivity index (χ2n) is 4.17. The molecule has 0 aromatic heterocycles. The van der Waals surface area contributed by atoms with Gasteiger partial charge in [-0.15, -0.1) is 11.8 Å². The summed E-state index contributed by atoms with van der Waals surface area (Å²) in [5.74, 6) is -2.30. The van der Waals surface area contributed by atoms with E-state index in [1.807, 2.05) is 0 Å². The van der Waals surface area contributed by atoms with E-state index in [0.717, 1.165) is 0 Å². The molecule has 7 heteroatoms. The van der Waals surface area contributed by atoms with Crippen molar-refractivity contribution in [1.82, 2.24) is 4.90 Å². The molecule has 2 rings (SSSR count). The standard InChI is InChI=1S/C12H13NO5S/c1-6-13(8(5-19-6)12(17)18)11(16)7-3-2-4-9(14)10(7)15/h2-4,6,8,14-15H,5H2,1H3,(H,17,18). The molecule has 2 atom stereocenters. The summed E-state index contributed by atoms with van der Waals surface area (Å²) in [6, 6.07) is 3.11. The van der Waals surface area contributed by atoms with Gasteiger partial charge in [0.1, 0.15) is 6.04 Å². The Balaban J connectivity index is 2.37. The van der Waals surface area contributed by atoms with Crippen LogP contribution in [0.25, 0.3) is 0 Å². The quantitative estimate of drug-likeness (QED) is 0.703. The molecule has 0 radical (unpaired) electrons. The summed E-state index contributed by atoms with van der Waals surface area (Å²) in [6.07, 6.45) is 0. The maximum Gasteiger partial charge on any atom is 0.327 e. The smallest absolute Gasteiger partial charge is 0.327 e. The van der Waals surface area contributed by atoms with Crippen LogP contribution in [0.5, 0.6) is 11.5 Å². The SMILES string of the molecule is CC1SCC(C(=O)O)N1C(=O)c1cccc(O)c1O. The maximum atomic E-state index is 12.3. The van der Waals surface area contributed by atoms with Gasteiger partial charge in [-0.1, -0.05) is 6.07 Å². The molecule has 1 aromatic carbocycles. The van der Waals surface area contributed by atoms with Gasteiger partial charge in [0.25, 0.3) is 5.91 Å². The van der Waals surface area contributed by atoms with Crippen LogP contribution in [0.3, 0.4) is 0 Å². The summed E-state index contributed by atoms with van der Waals surface area (Å²) in [5, 5.41) is 27.9. The van der Waals surface area contributed by atoms with E-state index in [0.29, 0.717) is 5.75 Å². The first-order valence-electron chi connectivity index (χ1n) is 5.61. The summed E-state index contributed by atoms with van der Waals surface area (Å²) in [4.78, 5) is 24.7. The van der Waals surface area contributed by atoms with Crippen LogP contribution in [-0.4, -0.2) is 49.3 Å². The number of carboxylic acid groups (broad SMARTS) is 1. The minimum absolute atomic E-state index is 0.0967. The molecule has 1 amide bonds. The third kappa shape index (κ3) is 2.33. The van der Waals surface area contributed by atoms with Crippen LogP contribution in [0.15, 0.2) is 18.2 Å². The Bertz CT molecular complexity index is 533. The number of hydrogen-bond donors (Lipinski definition) is 3. The molecule has 0 saturated carbocycles. The van der Waals surface area contributed by atoms with E-state index in [1.165, 1.54) is 34.9 Å². The predicted octanol–water partition coefficient (Wildman–Crippen LogP) is 1.09. The van der Waals surface area contributed by atoms with Crippen LogP contribution in [0.1, 0.15) is 17.3 Å². The topological polar surface area (TPSA) is 98.1 Å². The van der Waals surface area contributed by atoms with Crippen LogP contribution in [0, 0.1) is 0 Å². The van der Waals surface area contributed by atoms with Gasteiger partial charge in [0.2, 0.25) is 0 Å². The zero-order chi connectivity index (χ0) is 14.2. The molecule has 0 spiro atoms. The Morgan fingerprint density at radius 1 is 1.37 bits per heavy atom. The van der Waals surface area contributed by atoms with Crippen molar-refractivity contribution in [3.05, 3.63) is 23.8 Å².